The SMILES string of the molecule is CN1C[C@H](NC(=O)c2cc3ccc(Cl)cc3n2C)C[C@H]1CO. The minimum absolute atomic E-state index is 0.0660. The normalized spacial score (nSPS) is 22.4. The summed E-state index contributed by atoms with van der Waals surface area (Å²) in [6.45, 7) is 0.877. The van der Waals surface area contributed by atoms with Crippen LogP contribution in [0, 0.1) is 0 Å². The number of amides is 1. The summed E-state index contributed by atoms with van der Waals surface area (Å²) in [7, 11) is 3.83. The molecule has 0 saturated carbocycles. The number of hydrogen-bond donors (Lipinski definition) is 2. The first-order valence-corrected chi connectivity index (χ1v) is 7.74. The van der Waals surface area contributed by atoms with Crippen LogP contribution in [0.25, 0.3) is 10.9 Å². The van der Waals surface area contributed by atoms with E-state index in [4.69, 9.17) is 11.6 Å². The topological polar surface area (TPSA) is 57.5 Å². The van der Waals surface area contributed by atoms with E-state index < -0.39 is 0 Å². The van der Waals surface area contributed by atoms with Crippen LogP contribution in [0.1, 0.15) is 16.9 Å². The second kappa shape index (κ2) is 5.91. The Morgan fingerprint density at radius 1 is 1.41 bits per heavy atom. The molecule has 1 aromatic carbocycles. The highest BCUT2D eigenvalue weighted by Gasteiger charge is 2.30. The lowest BCUT2D eigenvalue weighted by molar-refractivity contribution is 0.0930. The van der Waals surface area contributed by atoms with Gasteiger partial charge in [-0.05, 0) is 31.7 Å². The third-order valence-corrected chi connectivity index (χ3v) is 4.71. The first-order chi connectivity index (χ1) is 10.5. The van der Waals surface area contributed by atoms with Crippen molar-refractivity contribution in [2.45, 2.75) is 18.5 Å². The van der Waals surface area contributed by atoms with Gasteiger partial charge in [-0.3, -0.25) is 9.69 Å². The Morgan fingerprint density at radius 2 is 2.18 bits per heavy atom. The van der Waals surface area contributed by atoms with Crippen molar-refractivity contribution in [3.05, 3.63) is 35.0 Å². The molecule has 2 aromatic rings. The van der Waals surface area contributed by atoms with Crippen molar-refractivity contribution < 1.29 is 9.90 Å². The van der Waals surface area contributed by atoms with Crippen molar-refractivity contribution in [1.29, 1.82) is 0 Å². The molecule has 0 aliphatic carbocycles. The molecule has 6 heteroatoms. The van der Waals surface area contributed by atoms with Gasteiger partial charge in [0.1, 0.15) is 5.69 Å². The number of aliphatic hydroxyl groups is 1. The molecular weight excluding hydrogens is 302 g/mol. The van der Waals surface area contributed by atoms with Gasteiger partial charge in [0.05, 0.1) is 6.61 Å². The molecule has 1 amide bonds. The Hall–Kier alpha value is -1.56. The van der Waals surface area contributed by atoms with E-state index in [0.29, 0.717) is 10.7 Å². The molecule has 1 aromatic heterocycles. The molecule has 1 aliphatic heterocycles. The van der Waals surface area contributed by atoms with Crippen molar-refractivity contribution in [1.82, 2.24) is 14.8 Å². The average molecular weight is 322 g/mol. The quantitative estimate of drug-likeness (QED) is 0.903. The summed E-state index contributed by atoms with van der Waals surface area (Å²) < 4.78 is 1.86. The molecule has 0 radical (unpaired) electrons. The lowest BCUT2D eigenvalue weighted by Gasteiger charge is -2.15. The van der Waals surface area contributed by atoms with E-state index in [1.54, 1.807) is 0 Å². The minimum atomic E-state index is -0.0909. The largest absolute Gasteiger partial charge is 0.395 e. The van der Waals surface area contributed by atoms with Crippen molar-refractivity contribution in [2.24, 2.45) is 7.05 Å². The van der Waals surface area contributed by atoms with E-state index in [2.05, 4.69) is 10.2 Å². The lowest BCUT2D eigenvalue weighted by atomic mass is 10.2. The molecule has 1 fully saturated rings. The fourth-order valence-electron chi connectivity index (χ4n) is 3.18. The summed E-state index contributed by atoms with van der Waals surface area (Å²) in [6, 6.07) is 7.66. The van der Waals surface area contributed by atoms with Crippen LogP contribution in [0.2, 0.25) is 5.02 Å². The van der Waals surface area contributed by atoms with Crippen molar-refractivity contribution in [2.75, 3.05) is 20.2 Å². The van der Waals surface area contributed by atoms with E-state index in [1.165, 1.54) is 0 Å². The first-order valence-electron chi connectivity index (χ1n) is 7.36. The fourth-order valence-corrected chi connectivity index (χ4v) is 3.34. The fraction of sp³-hybridized carbons (Fsp3) is 0.438. The summed E-state index contributed by atoms with van der Waals surface area (Å²) in [6.07, 6.45) is 0.772. The average Bonchev–Trinajstić information content (AvgIpc) is 2.99. The molecular formula is C16H20ClN3O2. The standard InChI is InChI=1S/C16H20ClN3O2/c1-19-8-12(7-13(19)9-21)18-16(22)15-5-10-3-4-11(17)6-14(10)20(15)2/h3-6,12-13,21H,7-9H2,1-2H3,(H,18,22)/t12-,13+/m1/s1. The number of hydrogen-bond acceptors (Lipinski definition) is 3. The number of aliphatic hydroxyl groups excluding tert-OH is 1. The van der Waals surface area contributed by atoms with E-state index in [0.717, 1.165) is 23.9 Å². The van der Waals surface area contributed by atoms with Crippen LogP contribution in [-0.2, 0) is 7.05 Å². The molecule has 22 heavy (non-hydrogen) atoms. The number of likely N-dealkylation sites (tertiary alicyclic amines) is 1. The van der Waals surface area contributed by atoms with Gasteiger partial charge in [-0.1, -0.05) is 17.7 Å². The minimum Gasteiger partial charge on any atom is -0.395 e. The molecule has 2 heterocycles. The van der Waals surface area contributed by atoms with Gasteiger partial charge in [-0.25, -0.2) is 0 Å². The van der Waals surface area contributed by atoms with Crippen LogP contribution >= 0.6 is 11.6 Å². The molecule has 0 bridgehead atoms. The van der Waals surface area contributed by atoms with Gasteiger partial charge in [0.15, 0.2) is 0 Å². The second-order valence-corrected chi connectivity index (χ2v) is 6.41. The molecule has 2 atom stereocenters. The van der Waals surface area contributed by atoms with Gasteiger partial charge in [-0.2, -0.15) is 0 Å². The summed E-state index contributed by atoms with van der Waals surface area (Å²) >= 11 is 6.02. The summed E-state index contributed by atoms with van der Waals surface area (Å²) in [4.78, 5) is 14.6. The zero-order valence-corrected chi connectivity index (χ0v) is 13.5. The van der Waals surface area contributed by atoms with E-state index >= 15 is 0 Å². The molecule has 2 N–H and O–H groups in total. The predicted octanol–water partition coefficient (Wildman–Crippen LogP) is 1.63. The van der Waals surface area contributed by atoms with E-state index in [1.807, 2.05) is 42.9 Å². The molecule has 1 aliphatic rings. The second-order valence-electron chi connectivity index (χ2n) is 5.97. The van der Waals surface area contributed by atoms with Gasteiger partial charge in [-0.15, -0.1) is 0 Å². The van der Waals surface area contributed by atoms with Gasteiger partial charge in [0.25, 0.3) is 5.91 Å². The zero-order valence-electron chi connectivity index (χ0n) is 12.7. The third kappa shape index (κ3) is 2.72. The van der Waals surface area contributed by atoms with Gasteiger partial charge in [0.2, 0.25) is 0 Å². The third-order valence-electron chi connectivity index (χ3n) is 4.47. The smallest absolute Gasteiger partial charge is 0.268 e. The van der Waals surface area contributed by atoms with Crippen LogP contribution in [0.15, 0.2) is 24.3 Å². The number of fused-ring (bicyclic) bond motifs is 1. The number of likely N-dealkylation sites (N-methyl/N-ethyl adjacent to an activating group) is 1. The molecule has 0 spiro atoms. The Labute approximate surface area is 134 Å². The number of carbonyl (C=O) groups is 1. The molecule has 118 valence electrons. The first kappa shape index (κ1) is 15.3. The Kier molecular flexibility index (Phi) is 4.12. The summed E-state index contributed by atoms with van der Waals surface area (Å²) in [5.74, 6) is -0.0909. The lowest BCUT2D eigenvalue weighted by Crippen LogP contribution is -2.37. The number of carbonyl (C=O) groups excluding carboxylic acids is 1. The maximum atomic E-state index is 12.5. The van der Waals surface area contributed by atoms with Crippen LogP contribution in [0.4, 0.5) is 0 Å². The molecule has 3 rings (SSSR count). The molecule has 1 saturated heterocycles. The van der Waals surface area contributed by atoms with Crippen LogP contribution in [-0.4, -0.2) is 52.8 Å². The van der Waals surface area contributed by atoms with Crippen LogP contribution in [0.3, 0.4) is 0 Å². The number of aromatic nitrogens is 1. The maximum Gasteiger partial charge on any atom is 0.268 e. The van der Waals surface area contributed by atoms with E-state index in [-0.39, 0.29) is 24.6 Å². The van der Waals surface area contributed by atoms with Gasteiger partial charge >= 0.3 is 0 Å². The van der Waals surface area contributed by atoms with Crippen LogP contribution < -0.4 is 5.32 Å². The van der Waals surface area contributed by atoms with Gasteiger partial charge < -0.3 is 15.0 Å². The number of halogens is 1. The zero-order chi connectivity index (χ0) is 15.9. The van der Waals surface area contributed by atoms with Crippen molar-refractivity contribution in [3.63, 3.8) is 0 Å². The number of nitrogens with zero attached hydrogens (tertiary/aromatic N) is 2. The predicted molar refractivity (Wildman–Crippen MR) is 87.3 cm³/mol. The van der Waals surface area contributed by atoms with Crippen molar-refractivity contribution in [3.8, 4) is 0 Å². The Morgan fingerprint density at radius 3 is 2.86 bits per heavy atom. The molecule has 5 nitrogen and oxygen atoms in total. The molecule has 0 unspecified atom stereocenters. The summed E-state index contributed by atoms with van der Waals surface area (Å²) in [5, 5.41) is 14.0. The maximum absolute atomic E-state index is 12.5. The highest BCUT2D eigenvalue weighted by atomic mass is 35.5. The van der Waals surface area contributed by atoms with Gasteiger partial charge in [0, 0.05) is 41.6 Å². The Balaban J connectivity index is 1.80. The highest BCUT2D eigenvalue weighted by molar-refractivity contribution is 6.31. The number of benzene rings is 1. The van der Waals surface area contributed by atoms with Crippen molar-refractivity contribution >= 4 is 28.4 Å². The number of nitrogens with one attached hydrogen (secondary N) is 1. The highest BCUT2D eigenvalue weighted by Crippen LogP contribution is 2.23. The number of aryl methyl sites for hydroxylation is 1. The number of rotatable bonds is 3. The summed E-state index contributed by atoms with van der Waals surface area (Å²) in [5.41, 5.74) is 1.56. The Bertz CT molecular complexity index is 713. The van der Waals surface area contributed by atoms with E-state index in [9.17, 15) is 9.90 Å². The monoisotopic (exact) mass is 321 g/mol. The van der Waals surface area contributed by atoms with Crippen LogP contribution in [0.5, 0.6) is 0 Å².